The average molecular weight is 327 g/mol. The molecule has 0 aliphatic heterocycles. The highest BCUT2D eigenvalue weighted by molar-refractivity contribution is 7.98. The van der Waals surface area contributed by atoms with Gasteiger partial charge in [0, 0.05) is 18.0 Å². The van der Waals surface area contributed by atoms with E-state index < -0.39 is 0 Å². The van der Waals surface area contributed by atoms with E-state index in [4.69, 9.17) is 5.11 Å². The summed E-state index contributed by atoms with van der Waals surface area (Å²) in [6.07, 6.45) is 3.18. The van der Waals surface area contributed by atoms with Gasteiger partial charge in [-0.15, -0.1) is 36.6 Å². The Labute approximate surface area is 132 Å². The van der Waals surface area contributed by atoms with Crippen molar-refractivity contribution in [2.45, 2.75) is 17.9 Å². The lowest BCUT2D eigenvalue weighted by molar-refractivity contribution is 0.292. The second-order valence-corrected chi connectivity index (χ2v) is 4.73. The van der Waals surface area contributed by atoms with Gasteiger partial charge in [-0.2, -0.15) is 0 Å². The maximum atomic E-state index is 8.58. The van der Waals surface area contributed by atoms with Crippen molar-refractivity contribution in [1.82, 2.24) is 10.6 Å². The Kier molecular flexibility index (Phi) is 16.2. The van der Waals surface area contributed by atoms with Crippen LogP contribution in [0.15, 0.2) is 29.2 Å². The summed E-state index contributed by atoms with van der Waals surface area (Å²) in [4.78, 5) is 1.31. The predicted octanol–water partition coefficient (Wildman–Crippen LogP) is 2.31. The molecule has 0 bridgehead atoms. The minimum atomic E-state index is 0. The van der Waals surface area contributed by atoms with Gasteiger partial charge in [-0.25, -0.2) is 0 Å². The van der Waals surface area contributed by atoms with Gasteiger partial charge in [0.25, 0.3) is 0 Å². The molecule has 0 saturated heterocycles. The Morgan fingerprint density at radius 3 is 2.21 bits per heavy atom. The fourth-order valence-electron chi connectivity index (χ4n) is 1.52. The van der Waals surface area contributed by atoms with Crippen LogP contribution in [0, 0.1) is 0 Å². The first-order valence-corrected chi connectivity index (χ1v) is 7.24. The van der Waals surface area contributed by atoms with E-state index in [-0.39, 0.29) is 31.4 Å². The van der Waals surface area contributed by atoms with E-state index in [1.807, 2.05) is 0 Å². The van der Waals surface area contributed by atoms with Gasteiger partial charge < -0.3 is 15.7 Å². The van der Waals surface area contributed by atoms with Crippen LogP contribution in [0.4, 0.5) is 0 Å². The molecule has 0 aliphatic rings. The van der Waals surface area contributed by atoms with Gasteiger partial charge in [0.2, 0.25) is 0 Å². The highest BCUT2D eigenvalue weighted by Gasteiger charge is 1.93. The third-order valence-corrected chi connectivity index (χ3v) is 3.23. The lowest BCUT2D eigenvalue weighted by Gasteiger charge is -2.06. The molecule has 3 nitrogen and oxygen atoms in total. The number of benzene rings is 1. The molecule has 0 fully saturated rings. The monoisotopic (exact) mass is 326 g/mol. The maximum absolute atomic E-state index is 8.58. The van der Waals surface area contributed by atoms with E-state index in [0.717, 1.165) is 26.1 Å². The topological polar surface area (TPSA) is 44.3 Å². The van der Waals surface area contributed by atoms with Crippen molar-refractivity contribution in [1.29, 1.82) is 0 Å². The van der Waals surface area contributed by atoms with E-state index in [9.17, 15) is 0 Å². The Hall–Kier alpha value is 0.0300. The number of hydrogen-bond donors (Lipinski definition) is 3. The number of halogens is 2. The van der Waals surface area contributed by atoms with Gasteiger partial charge in [0.1, 0.15) is 0 Å². The van der Waals surface area contributed by atoms with E-state index in [1.54, 1.807) is 11.8 Å². The summed E-state index contributed by atoms with van der Waals surface area (Å²) in [7, 11) is 0. The average Bonchev–Trinajstić information content (AvgIpc) is 2.38. The van der Waals surface area contributed by atoms with E-state index >= 15 is 0 Å². The summed E-state index contributed by atoms with van der Waals surface area (Å²) in [5.74, 6) is 0. The zero-order valence-electron chi connectivity index (χ0n) is 11.2. The van der Waals surface area contributed by atoms with Gasteiger partial charge in [-0.1, -0.05) is 12.1 Å². The van der Waals surface area contributed by atoms with E-state index in [0.29, 0.717) is 6.54 Å². The molecule has 0 heterocycles. The zero-order chi connectivity index (χ0) is 12.3. The second kappa shape index (κ2) is 14.4. The van der Waals surface area contributed by atoms with Gasteiger partial charge in [-0.3, -0.25) is 0 Å². The normalized spacial score (nSPS) is 9.58. The summed E-state index contributed by atoms with van der Waals surface area (Å²) in [5.41, 5.74) is 1.33. The van der Waals surface area contributed by atoms with Crippen LogP contribution in [0.1, 0.15) is 12.0 Å². The molecule has 19 heavy (non-hydrogen) atoms. The maximum Gasteiger partial charge on any atom is 0.0555 e. The number of rotatable bonds is 9. The first-order chi connectivity index (χ1) is 8.36. The molecule has 0 atom stereocenters. The highest BCUT2D eigenvalue weighted by Crippen LogP contribution is 2.14. The van der Waals surface area contributed by atoms with Gasteiger partial charge >= 0.3 is 0 Å². The first-order valence-electron chi connectivity index (χ1n) is 6.02. The molecule has 0 aliphatic carbocycles. The summed E-state index contributed by atoms with van der Waals surface area (Å²) < 4.78 is 0. The largest absolute Gasteiger partial charge is 0.395 e. The quantitative estimate of drug-likeness (QED) is 0.481. The lowest BCUT2D eigenvalue weighted by Crippen LogP contribution is -2.23. The van der Waals surface area contributed by atoms with Crippen LogP contribution in [-0.2, 0) is 6.54 Å². The standard InChI is InChI=1S/C13H22N2OS.2ClH/c1-17-13-5-3-12(4-6-13)11-15-8-2-7-14-9-10-16;;/h3-6,14-16H,2,7-11H2,1H3;2*1H. The first kappa shape index (κ1) is 21.3. The minimum Gasteiger partial charge on any atom is -0.395 e. The highest BCUT2D eigenvalue weighted by atomic mass is 35.5. The molecule has 0 aromatic heterocycles. The van der Waals surface area contributed by atoms with Crippen molar-refractivity contribution in [3.63, 3.8) is 0 Å². The van der Waals surface area contributed by atoms with Crippen LogP contribution in [0.5, 0.6) is 0 Å². The summed E-state index contributed by atoms with van der Waals surface area (Å²) in [6, 6.07) is 8.65. The smallest absolute Gasteiger partial charge is 0.0555 e. The fourth-order valence-corrected chi connectivity index (χ4v) is 1.93. The Bertz CT molecular complexity index is 299. The third-order valence-electron chi connectivity index (χ3n) is 2.48. The molecule has 0 amide bonds. The van der Waals surface area contributed by atoms with Crippen molar-refractivity contribution in [3.8, 4) is 0 Å². The SMILES string of the molecule is CSc1ccc(CNCCCNCCO)cc1.Cl.Cl. The molecule has 0 radical (unpaired) electrons. The van der Waals surface area contributed by atoms with Crippen LogP contribution in [0.3, 0.4) is 0 Å². The van der Waals surface area contributed by atoms with Crippen molar-refractivity contribution in [3.05, 3.63) is 29.8 Å². The number of aliphatic hydroxyl groups excluding tert-OH is 1. The number of aliphatic hydroxyl groups is 1. The van der Waals surface area contributed by atoms with Crippen molar-refractivity contribution in [2.24, 2.45) is 0 Å². The number of hydrogen-bond acceptors (Lipinski definition) is 4. The van der Waals surface area contributed by atoms with E-state index in [1.165, 1.54) is 10.5 Å². The Morgan fingerprint density at radius 2 is 1.63 bits per heavy atom. The zero-order valence-corrected chi connectivity index (χ0v) is 13.7. The van der Waals surface area contributed by atoms with Crippen LogP contribution in [0.25, 0.3) is 0 Å². The van der Waals surface area contributed by atoms with Crippen molar-refractivity contribution < 1.29 is 5.11 Å². The molecule has 1 aromatic carbocycles. The van der Waals surface area contributed by atoms with Gasteiger partial charge in [-0.05, 0) is 43.5 Å². The van der Waals surface area contributed by atoms with Crippen molar-refractivity contribution in [2.75, 3.05) is 32.5 Å². The molecular formula is C13H24Cl2N2OS. The molecule has 6 heteroatoms. The minimum absolute atomic E-state index is 0. The summed E-state index contributed by atoms with van der Waals surface area (Å²) >= 11 is 1.77. The molecule has 0 saturated carbocycles. The fraction of sp³-hybridized carbons (Fsp3) is 0.538. The Balaban J connectivity index is 0. The Morgan fingerprint density at radius 1 is 1.00 bits per heavy atom. The van der Waals surface area contributed by atoms with Gasteiger partial charge in [0.05, 0.1) is 6.61 Å². The van der Waals surface area contributed by atoms with Crippen molar-refractivity contribution >= 4 is 36.6 Å². The molecular weight excluding hydrogens is 303 g/mol. The van der Waals surface area contributed by atoms with Gasteiger partial charge in [0.15, 0.2) is 0 Å². The number of thioether (sulfide) groups is 1. The molecule has 0 spiro atoms. The predicted molar refractivity (Wildman–Crippen MR) is 89.0 cm³/mol. The molecule has 1 aromatic rings. The third kappa shape index (κ3) is 10.5. The summed E-state index contributed by atoms with van der Waals surface area (Å²) in [6.45, 7) is 3.79. The molecule has 0 unspecified atom stereocenters. The van der Waals surface area contributed by atoms with Crippen LogP contribution >= 0.6 is 36.6 Å². The second-order valence-electron chi connectivity index (χ2n) is 3.85. The van der Waals surface area contributed by atoms with Crippen LogP contribution in [0.2, 0.25) is 0 Å². The van der Waals surface area contributed by atoms with Crippen LogP contribution < -0.4 is 10.6 Å². The lowest BCUT2D eigenvalue weighted by atomic mass is 10.2. The van der Waals surface area contributed by atoms with E-state index in [2.05, 4.69) is 41.2 Å². The molecule has 112 valence electrons. The molecule has 1 rings (SSSR count). The number of nitrogens with one attached hydrogen (secondary N) is 2. The van der Waals surface area contributed by atoms with Crippen LogP contribution in [-0.4, -0.2) is 37.6 Å². The summed E-state index contributed by atoms with van der Waals surface area (Å²) in [5, 5.41) is 15.1. The molecule has 3 N–H and O–H groups in total.